The average molecular weight is 250 g/mol. The van der Waals surface area contributed by atoms with Gasteiger partial charge in [-0.25, -0.2) is 14.6 Å². The molecule has 2 aliphatic heterocycles. The molecule has 0 aromatic carbocycles. The summed E-state index contributed by atoms with van der Waals surface area (Å²) in [5, 5.41) is 6.95. The number of nitrogens with zero attached hydrogens (tertiary/aromatic N) is 1. The van der Waals surface area contributed by atoms with Crippen molar-refractivity contribution in [3.63, 3.8) is 0 Å². The number of imide groups is 1. The van der Waals surface area contributed by atoms with Gasteiger partial charge in [0.05, 0.1) is 0 Å². The second-order valence-corrected chi connectivity index (χ2v) is 3.65. The molecule has 5 N–H and O–H groups in total. The van der Waals surface area contributed by atoms with Crippen LogP contribution in [-0.4, -0.2) is 33.8 Å². The summed E-state index contributed by atoms with van der Waals surface area (Å²) in [4.78, 5) is 53.3. The van der Waals surface area contributed by atoms with Crippen LogP contribution in [0.1, 0.15) is 0 Å². The Hall–Kier alpha value is -2.91. The zero-order chi connectivity index (χ0) is 12.9. The van der Waals surface area contributed by atoms with Crippen molar-refractivity contribution in [2.24, 2.45) is 4.99 Å². The van der Waals surface area contributed by atoms with Gasteiger partial charge in [-0.3, -0.25) is 30.2 Å². The van der Waals surface area contributed by atoms with Crippen LogP contribution in [0.15, 0.2) is 14.6 Å². The largest absolute Gasteiger partial charge is 0.352 e. The molecule has 0 bridgehead atoms. The third kappa shape index (κ3) is 1.39. The third-order valence-electron chi connectivity index (χ3n) is 2.45. The number of amides is 3. The van der Waals surface area contributed by atoms with E-state index in [0.717, 1.165) is 0 Å². The number of hydrogen-bond acceptors (Lipinski definition) is 6. The summed E-state index contributed by atoms with van der Waals surface area (Å²) >= 11 is 0. The Morgan fingerprint density at radius 3 is 2.56 bits per heavy atom. The molecular formula is C8H6N6O4. The number of hydrogen-bond donors (Lipinski definition) is 5. The van der Waals surface area contributed by atoms with Gasteiger partial charge in [-0.05, 0) is 0 Å². The summed E-state index contributed by atoms with van der Waals surface area (Å²) in [6, 6.07) is -1.67. The van der Waals surface area contributed by atoms with Gasteiger partial charge < -0.3 is 5.32 Å². The smallest absolute Gasteiger partial charge is 0.327 e. The molecule has 0 radical (unpaired) electrons. The van der Waals surface area contributed by atoms with E-state index in [9.17, 15) is 19.2 Å². The quantitative estimate of drug-likeness (QED) is 0.352. The van der Waals surface area contributed by atoms with Gasteiger partial charge in [-0.2, -0.15) is 0 Å². The number of amidine groups is 1. The minimum absolute atomic E-state index is 0.00815. The summed E-state index contributed by atoms with van der Waals surface area (Å²) in [5.41, 5.74) is -1.53. The number of aromatic nitrogens is 2. The van der Waals surface area contributed by atoms with Gasteiger partial charge in [0.1, 0.15) is 11.7 Å². The molecule has 3 amide bonds. The Morgan fingerprint density at radius 1 is 1.00 bits per heavy atom. The first-order valence-corrected chi connectivity index (χ1v) is 4.88. The fourth-order valence-electron chi connectivity index (χ4n) is 1.71. The maximum Gasteiger partial charge on any atom is 0.327 e. The highest BCUT2D eigenvalue weighted by atomic mass is 16.2. The third-order valence-corrected chi connectivity index (χ3v) is 2.45. The zero-order valence-electron chi connectivity index (χ0n) is 8.66. The second kappa shape index (κ2) is 3.29. The highest BCUT2D eigenvalue weighted by Gasteiger charge is 2.36. The first-order chi connectivity index (χ1) is 8.54. The Balaban J connectivity index is 2.18. The molecule has 2 aliphatic rings. The number of anilines is 1. The van der Waals surface area contributed by atoms with Crippen molar-refractivity contribution in [1.29, 1.82) is 0 Å². The van der Waals surface area contributed by atoms with Crippen molar-refractivity contribution in [1.82, 2.24) is 20.6 Å². The van der Waals surface area contributed by atoms with E-state index >= 15 is 0 Å². The Labute approximate surface area is 97.5 Å². The molecule has 18 heavy (non-hydrogen) atoms. The van der Waals surface area contributed by atoms with E-state index in [1.165, 1.54) is 0 Å². The van der Waals surface area contributed by atoms with E-state index < -0.39 is 29.2 Å². The molecule has 3 rings (SSSR count). The van der Waals surface area contributed by atoms with Crippen LogP contribution in [0.3, 0.4) is 0 Å². The molecule has 1 aromatic heterocycles. The fraction of sp³-hybridized carbons (Fsp3) is 0.125. The van der Waals surface area contributed by atoms with Gasteiger partial charge in [-0.1, -0.05) is 0 Å². The number of aromatic amines is 2. The van der Waals surface area contributed by atoms with Crippen LogP contribution in [-0.2, 0) is 4.79 Å². The van der Waals surface area contributed by atoms with Crippen molar-refractivity contribution in [2.75, 3.05) is 5.32 Å². The van der Waals surface area contributed by atoms with Gasteiger partial charge in [0.25, 0.3) is 11.5 Å². The number of aliphatic imine (C=N–C) groups is 1. The van der Waals surface area contributed by atoms with E-state index in [1.807, 2.05) is 10.3 Å². The van der Waals surface area contributed by atoms with Crippen LogP contribution in [0, 0.1) is 0 Å². The second-order valence-electron chi connectivity index (χ2n) is 3.65. The number of urea groups is 1. The first kappa shape index (κ1) is 10.3. The number of fused-ring (bicyclic) bond motifs is 2. The molecule has 1 atom stereocenters. The fourth-order valence-corrected chi connectivity index (χ4v) is 1.71. The summed E-state index contributed by atoms with van der Waals surface area (Å²) < 4.78 is 0. The molecule has 1 aromatic rings. The van der Waals surface area contributed by atoms with Gasteiger partial charge in [0.2, 0.25) is 0 Å². The van der Waals surface area contributed by atoms with Crippen molar-refractivity contribution >= 4 is 29.3 Å². The summed E-state index contributed by atoms with van der Waals surface area (Å²) in [6.07, 6.45) is 0. The lowest BCUT2D eigenvalue weighted by Crippen LogP contribution is -2.62. The summed E-state index contributed by atoms with van der Waals surface area (Å²) in [5.74, 6) is -0.582. The number of rotatable bonds is 0. The summed E-state index contributed by atoms with van der Waals surface area (Å²) in [6.45, 7) is 0. The van der Waals surface area contributed by atoms with Crippen LogP contribution in [0.5, 0.6) is 0 Å². The molecule has 0 aliphatic carbocycles. The molecule has 92 valence electrons. The molecule has 3 heterocycles. The minimum Gasteiger partial charge on any atom is -0.352 e. The van der Waals surface area contributed by atoms with Crippen LogP contribution in [0.2, 0.25) is 0 Å². The van der Waals surface area contributed by atoms with Crippen LogP contribution in [0.4, 0.5) is 16.3 Å². The zero-order valence-corrected chi connectivity index (χ0v) is 8.66. The molecular weight excluding hydrogens is 244 g/mol. The van der Waals surface area contributed by atoms with Crippen molar-refractivity contribution in [3.8, 4) is 0 Å². The van der Waals surface area contributed by atoms with Gasteiger partial charge in [0, 0.05) is 0 Å². The van der Waals surface area contributed by atoms with Crippen molar-refractivity contribution in [2.45, 2.75) is 6.04 Å². The molecule has 0 spiro atoms. The molecule has 1 fully saturated rings. The van der Waals surface area contributed by atoms with Crippen LogP contribution < -0.4 is 27.2 Å². The van der Waals surface area contributed by atoms with Crippen molar-refractivity contribution in [3.05, 3.63) is 20.8 Å². The maximum atomic E-state index is 11.5. The minimum atomic E-state index is -0.951. The highest BCUT2D eigenvalue weighted by Crippen LogP contribution is 2.22. The molecule has 10 heteroatoms. The molecule has 1 saturated heterocycles. The lowest BCUT2D eigenvalue weighted by molar-refractivity contribution is -0.119. The van der Waals surface area contributed by atoms with E-state index in [-0.39, 0.29) is 17.3 Å². The predicted octanol–water partition coefficient (Wildman–Crippen LogP) is -2.27. The number of nitrogens with one attached hydrogen (secondary N) is 5. The number of carbonyl (C=O) groups is 2. The monoisotopic (exact) mass is 250 g/mol. The molecule has 0 saturated carbocycles. The average Bonchev–Trinajstić information content (AvgIpc) is 2.27. The van der Waals surface area contributed by atoms with E-state index in [1.54, 1.807) is 0 Å². The lowest BCUT2D eigenvalue weighted by Gasteiger charge is -2.28. The normalized spacial score (nSPS) is 20.9. The number of carbonyl (C=O) groups excluding carboxylic acids is 2. The molecule has 1 unspecified atom stereocenters. The summed E-state index contributed by atoms with van der Waals surface area (Å²) in [7, 11) is 0. The lowest BCUT2D eigenvalue weighted by atomic mass is 10.1. The SMILES string of the molecule is O=C1NC(=O)C2Nc3[nH]c(=O)[nH]c(=O)c3N=C2N1. The Bertz CT molecular complexity index is 713. The first-order valence-electron chi connectivity index (χ1n) is 4.88. The van der Waals surface area contributed by atoms with E-state index in [2.05, 4.69) is 20.6 Å². The number of H-pyrrole nitrogens is 2. The maximum absolute atomic E-state index is 11.5. The highest BCUT2D eigenvalue weighted by molar-refractivity contribution is 6.23. The Kier molecular flexibility index (Phi) is 1.87. The van der Waals surface area contributed by atoms with E-state index in [4.69, 9.17) is 0 Å². The van der Waals surface area contributed by atoms with Gasteiger partial charge >= 0.3 is 11.7 Å². The van der Waals surface area contributed by atoms with Gasteiger partial charge in [-0.15, -0.1) is 0 Å². The van der Waals surface area contributed by atoms with Crippen LogP contribution in [0.25, 0.3) is 0 Å². The molecule has 10 nitrogen and oxygen atoms in total. The van der Waals surface area contributed by atoms with Gasteiger partial charge in [0.15, 0.2) is 11.7 Å². The Morgan fingerprint density at radius 2 is 1.78 bits per heavy atom. The standard InChI is InChI=1S/C8H6N6O4/c15-5-1-3(11-7(17)13-5)10-2-4(9-1)12-8(18)14-6(2)16/h1H,(H3,9,12,14,16,18)(H2,10,11,13,15,17). The van der Waals surface area contributed by atoms with Crippen LogP contribution >= 0.6 is 0 Å². The van der Waals surface area contributed by atoms with Crippen molar-refractivity contribution < 1.29 is 9.59 Å². The van der Waals surface area contributed by atoms with E-state index in [0.29, 0.717) is 0 Å². The topological polar surface area (TPSA) is 148 Å². The predicted molar refractivity (Wildman–Crippen MR) is 58.9 cm³/mol.